The van der Waals surface area contributed by atoms with Crippen LogP contribution in [0.15, 0.2) is 146 Å². The van der Waals surface area contributed by atoms with Crippen molar-refractivity contribution < 1.29 is 14.3 Å². The number of aromatic amines is 2. The number of nitrogens with zero attached hydrogens (tertiary/aromatic N) is 2. The fraction of sp³-hybridized carbons (Fsp3) is 0.311. The smallest absolute Gasteiger partial charge is 0.221 e. The first-order valence-electron chi connectivity index (χ1n) is 29.6. The number of H-pyrrole nitrogens is 2. The van der Waals surface area contributed by atoms with Crippen LogP contribution < -0.4 is 14.8 Å². The minimum absolute atomic E-state index is 0.00576. The van der Waals surface area contributed by atoms with Gasteiger partial charge in [0.1, 0.15) is 11.5 Å². The van der Waals surface area contributed by atoms with Crippen molar-refractivity contribution in [3.8, 4) is 56.0 Å². The lowest BCUT2D eigenvalue weighted by atomic mass is 9.86. The molecule has 0 spiro atoms. The number of hydrogen-bond acceptors (Lipinski definition) is 5. The number of rotatable bonds is 18. The van der Waals surface area contributed by atoms with Crippen LogP contribution in [0.2, 0.25) is 0 Å². The van der Waals surface area contributed by atoms with Gasteiger partial charge < -0.3 is 24.8 Å². The van der Waals surface area contributed by atoms with Crippen molar-refractivity contribution in [2.45, 2.75) is 137 Å². The molecular weight excluding hydrogens is 1010 g/mol. The van der Waals surface area contributed by atoms with E-state index in [1.165, 1.54) is 49.3 Å². The Bertz CT molecular complexity index is 3710. The van der Waals surface area contributed by atoms with E-state index in [-0.39, 0.29) is 22.2 Å². The lowest BCUT2D eigenvalue weighted by Crippen LogP contribution is -2.10. The maximum absolute atomic E-state index is 11.3. The molecule has 5 heterocycles. The lowest BCUT2D eigenvalue weighted by molar-refractivity contribution is -0.114. The van der Waals surface area contributed by atoms with Gasteiger partial charge in [0.2, 0.25) is 5.91 Å². The number of nitrogens with one attached hydrogen (secondary N) is 3. The van der Waals surface area contributed by atoms with Gasteiger partial charge in [0.05, 0.1) is 36.0 Å². The van der Waals surface area contributed by atoms with Crippen molar-refractivity contribution in [1.29, 1.82) is 0 Å². The molecule has 8 aromatic rings. The van der Waals surface area contributed by atoms with Gasteiger partial charge in [0.15, 0.2) is 0 Å². The second-order valence-electron chi connectivity index (χ2n) is 25.2. The van der Waals surface area contributed by atoms with Crippen molar-refractivity contribution >= 4 is 58.0 Å². The third-order valence-electron chi connectivity index (χ3n) is 15.8. The Kier molecular flexibility index (Phi) is 17.0. The highest BCUT2D eigenvalue weighted by molar-refractivity contribution is 6.00. The van der Waals surface area contributed by atoms with Crippen molar-refractivity contribution in [3.05, 3.63) is 185 Å². The molecule has 8 bridgehead atoms. The number of carbonyl (C=O) groups is 1. The summed E-state index contributed by atoms with van der Waals surface area (Å²) in [5, 5.41) is 2.79. The minimum Gasteiger partial charge on any atom is -0.494 e. The highest BCUT2D eigenvalue weighted by atomic mass is 16.5. The average molecular weight is 1090 g/mol. The highest BCUT2D eigenvalue weighted by Gasteiger charge is 2.22. The first-order valence-corrected chi connectivity index (χ1v) is 29.6. The van der Waals surface area contributed by atoms with Crippen LogP contribution >= 0.6 is 0 Å². The molecule has 1 amide bonds. The third-order valence-corrected chi connectivity index (χ3v) is 15.8. The van der Waals surface area contributed by atoms with Crippen LogP contribution in [-0.4, -0.2) is 39.1 Å². The van der Waals surface area contributed by atoms with Crippen molar-refractivity contribution in [3.63, 3.8) is 0 Å². The zero-order chi connectivity index (χ0) is 57.6. The molecule has 0 saturated heterocycles. The molecule has 2 aliphatic heterocycles. The molecule has 0 fully saturated rings. The molecule has 8 heteroatoms. The van der Waals surface area contributed by atoms with E-state index in [0.29, 0.717) is 13.2 Å². The Balaban J connectivity index is 0.969. The van der Waals surface area contributed by atoms with Crippen molar-refractivity contribution in [2.75, 3.05) is 18.5 Å². The van der Waals surface area contributed by atoms with E-state index in [2.05, 4.69) is 223 Å². The van der Waals surface area contributed by atoms with Gasteiger partial charge in [-0.1, -0.05) is 186 Å². The average Bonchev–Trinajstić information content (AvgIpc) is 4.46. The Morgan fingerprint density at radius 2 is 0.646 bits per heavy atom. The SMILES string of the molecule is CC(=O)Nc1ccc(OCCCCCCCCCCOc2ccc(-c3c4nc(c(-c5ccc(C(C)(C)C)cc5)c5ccc([nH]5)c(-c5ccc(C(C)(C)C)cc5)c5nc(c(-c6ccc(C(C)(C)C)cc6)c6ccc3[nH]6)C=C5)C=C4)cc2)cc1. The summed E-state index contributed by atoms with van der Waals surface area (Å²) in [6.07, 6.45) is 17.9. The number of amides is 1. The predicted octanol–water partition coefficient (Wildman–Crippen LogP) is 19.8. The summed E-state index contributed by atoms with van der Waals surface area (Å²) in [6.45, 7) is 23.2. The van der Waals surface area contributed by atoms with Gasteiger partial charge >= 0.3 is 0 Å². The molecule has 8 nitrogen and oxygen atoms in total. The topological polar surface area (TPSA) is 105 Å². The van der Waals surface area contributed by atoms with Gasteiger partial charge in [-0.15, -0.1) is 0 Å². The maximum Gasteiger partial charge on any atom is 0.221 e. The van der Waals surface area contributed by atoms with Crippen molar-refractivity contribution in [1.82, 2.24) is 19.9 Å². The largest absolute Gasteiger partial charge is 0.494 e. The molecule has 3 aromatic heterocycles. The molecule has 0 atom stereocenters. The van der Waals surface area contributed by atoms with Crippen LogP contribution in [0.5, 0.6) is 11.5 Å². The fourth-order valence-corrected chi connectivity index (χ4v) is 11.0. The standard InChI is InChI=1S/C74H81N5O3/c1-49(80)75-57-33-37-59(38-34-57)82-48-18-16-14-12-11-13-15-17-47-81-58-35-25-53(26-36-58)71-66-45-43-64(78-66)69(51-21-29-55(30-22-51)73(5,6)7)62-41-39-60(76-62)68(50-19-27-54(28-20-50)72(2,3)4)61-40-42-63(77-61)70(65-44-46-67(71)79-65)52-23-31-56(32-24-52)74(8,9)10/h19-46,76,79H,11-18,47-48H2,1-10H3,(H,75,80). The van der Waals surface area contributed by atoms with Crippen LogP contribution in [0.4, 0.5) is 5.69 Å². The van der Waals surface area contributed by atoms with Gasteiger partial charge in [0.25, 0.3) is 0 Å². The predicted molar refractivity (Wildman–Crippen MR) is 345 cm³/mol. The van der Waals surface area contributed by atoms with Gasteiger partial charge in [0, 0.05) is 56.9 Å². The molecule has 420 valence electrons. The monoisotopic (exact) mass is 1090 g/mol. The zero-order valence-electron chi connectivity index (χ0n) is 49.9. The number of carbonyl (C=O) groups excluding carboxylic acids is 1. The number of aromatic nitrogens is 4. The summed E-state index contributed by atoms with van der Waals surface area (Å²) in [5.74, 6) is 1.62. The number of fused-ring (bicyclic) bond motifs is 8. The summed E-state index contributed by atoms with van der Waals surface area (Å²) in [6, 6.07) is 51.9. The van der Waals surface area contributed by atoms with Crippen LogP contribution in [0.1, 0.15) is 160 Å². The Morgan fingerprint density at radius 3 is 0.927 bits per heavy atom. The van der Waals surface area contributed by atoms with Gasteiger partial charge in [-0.2, -0.15) is 0 Å². The molecular formula is C74H81N5O3. The van der Waals surface area contributed by atoms with Crippen LogP contribution in [0, 0.1) is 0 Å². The summed E-state index contributed by atoms with van der Waals surface area (Å²) < 4.78 is 12.3. The number of anilines is 1. The number of unbranched alkanes of at least 4 members (excludes halogenated alkanes) is 7. The molecule has 2 aliphatic rings. The number of benzene rings is 5. The third kappa shape index (κ3) is 13.6. The van der Waals surface area contributed by atoms with Gasteiger partial charge in [-0.05, 0) is 153 Å². The molecule has 0 saturated carbocycles. The fourth-order valence-electron chi connectivity index (χ4n) is 11.0. The quantitative estimate of drug-likeness (QED) is 0.0743. The zero-order valence-corrected chi connectivity index (χ0v) is 49.9. The van der Waals surface area contributed by atoms with E-state index < -0.39 is 0 Å². The summed E-state index contributed by atoms with van der Waals surface area (Å²) >= 11 is 0. The van der Waals surface area contributed by atoms with E-state index in [1.807, 2.05) is 24.3 Å². The Hall–Kier alpha value is -8.23. The van der Waals surface area contributed by atoms with Crippen molar-refractivity contribution in [2.24, 2.45) is 0 Å². The maximum atomic E-state index is 11.3. The molecule has 0 aliphatic carbocycles. The highest BCUT2D eigenvalue weighted by Crippen LogP contribution is 2.40. The van der Waals surface area contributed by atoms with E-state index in [4.69, 9.17) is 19.4 Å². The van der Waals surface area contributed by atoms with Gasteiger partial charge in [-0.25, -0.2) is 9.97 Å². The second kappa shape index (κ2) is 24.5. The van der Waals surface area contributed by atoms with Crippen LogP contribution in [-0.2, 0) is 21.0 Å². The van der Waals surface area contributed by atoms with Gasteiger partial charge in [-0.3, -0.25) is 4.79 Å². The molecule has 0 unspecified atom stereocenters. The van der Waals surface area contributed by atoms with E-state index in [1.54, 1.807) is 0 Å². The minimum atomic E-state index is -0.0756. The summed E-state index contributed by atoms with van der Waals surface area (Å²) in [7, 11) is 0. The molecule has 0 radical (unpaired) electrons. The van der Waals surface area contributed by atoms with Crippen LogP contribution in [0.25, 0.3) is 90.9 Å². The summed E-state index contributed by atoms with van der Waals surface area (Å²) in [5.41, 5.74) is 20.5. The number of ether oxygens (including phenoxy) is 2. The molecule has 82 heavy (non-hydrogen) atoms. The summed E-state index contributed by atoms with van der Waals surface area (Å²) in [4.78, 5) is 30.4. The van der Waals surface area contributed by atoms with E-state index >= 15 is 0 Å². The molecule has 10 rings (SSSR count). The van der Waals surface area contributed by atoms with E-state index in [0.717, 1.165) is 132 Å². The normalized spacial score (nSPS) is 12.5. The Labute approximate surface area is 486 Å². The first kappa shape index (κ1) is 57.0. The Morgan fingerprint density at radius 1 is 0.378 bits per heavy atom. The lowest BCUT2D eigenvalue weighted by Gasteiger charge is -2.19. The first-order chi connectivity index (χ1) is 39.4. The van der Waals surface area contributed by atoms with E-state index in [9.17, 15) is 4.79 Å². The molecule has 3 N–H and O–H groups in total. The van der Waals surface area contributed by atoms with Crippen LogP contribution in [0.3, 0.4) is 0 Å². The molecule has 5 aromatic carbocycles. The number of hydrogen-bond donors (Lipinski definition) is 3. The second-order valence-corrected chi connectivity index (χ2v) is 25.2.